The monoisotopic (exact) mass is 261 g/mol. The number of aromatic amines is 1. The van der Waals surface area contributed by atoms with Crippen molar-refractivity contribution in [2.45, 2.75) is 32.9 Å². The van der Waals surface area contributed by atoms with Crippen LogP contribution in [0.5, 0.6) is 0 Å². The number of aromatic nitrogens is 2. The van der Waals surface area contributed by atoms with Gasteiger partial charge in [-0.2, -0.15) is 0 Å². The average Bonchev–Trinajstić information content (AvgIpc) is 2.34. The maximum atomic E-state index is 12.2. The molecule has 2 rings (SSSR count). The van der Waals surface area contributed by atoms with Gasteiger partial charge in [0.2, 0.25) is 0 Å². The Hall–Kier alpha value is -1.88. The number of rotatable bonds is 3. The van der Waals surface area contributed by atoms with Crippen LogP contribution < -0.4 is 16.4 Å². The summed E-state index contributed by atoms with van der Waals surface area (Å²) >= 11 is 0. The van der Waals surface area contributed by atoms with Crippen molar-refractivity contribution < 1.29 is 0 Å². The Morgan fingerprint density at radius 2 is 1.79 bits per heavy atom. The number of H-pyrrole nitrogens is 1. The highest BCUT2D eigenvalue weighted by Gasteiger charge is 2.09. The van der Waals surface area contributed by atoms with E-state index in [-0.39, 0.29) is 16.7 Å². The van der Waals surface area contributed by atoms with Crippen LogP contribution in [0.3, 0.4) is 0 Å². The normalized spacial score (nSPS) is 11.9. The number of benzene rings is 1. The van der Waals surface area contributed by atoms with Crippen molar-refractivity contribution in [3.05, 3.63) is 45.0 Å². The molecular weight excluding hydrogens is 242 g/mol. The average molecular weight is 261 g/mol. The van der Waals surface area contributed by atoms with Crippen LogP contribution in [0.1, 0.15) is 20.8 Å². The van der Waals surface area contributed by atoms with Gasteiger partial charge in [-0.3, -0.25) is 14.7 Å². The van der Waals surface area contributed by atoms with Crippen LogP contribution in [0.15, 0.2) is 33.9 Å². The molecule has 0 aliphatic rings. The third-order valence-electron chi connectivity index (χ3n) is 2.87. The number of fused-ring (bicyclic) bond motifs is 1. The van der Waals surface area contributed by atoms with Gasteiger partial charge in [0.05, 0.1) is 17.3 Å². The molecule has 1 aromatic carbocycles. The standard InChI is InChI=1S/C14H19N3O2/c1-14(2,3)15-8-9-17-13(19)11-7-5-4-6-10(11)12(18)16-17/h4-7,15H,8-9H2,1-3H3,(H,16,18). The molecule has 0 unspecified atom stereocenters. The molecule has 0 atom stereocenters. The summed E-state index contributed by atoms with van der Waals surface area (Å²) in [5.41, 5.74) is -0.405. The number of nitrogens with zero attached hydrogens (tertiary/aromatic N) is 1. The molecule has 102 valence electrons. The van der Waals surface area contributed by atoms with Crippen LogP contribution in [-0.4, -0.2) is 21.9 Å². The first-order chi connectivity index (χ1) is 8.88. The molecule has 0 spiro atoms. The molecule has 5 heteroatoms. The smallest absolute Gasteiger partial charge is 0.273 e. The van der Waals surface area contributed by atoms with Crippen molar-refractivity contribution in [3.63, 3.8) is 0 Å². The summed E-state index contributed by atoms with van der Waals surface area (Å²) < 4.78 is 1.36. The van der Waals surface area contributed by atoms with Crippen molar-refractivity contribution in [3.8, 4) is 0 Å². The number of nitrogens with one attached hydrogen (secondary N) is 2. The van der Waals surface area contributed by atoms with Gasteiger partial charge in [0.15, 0.2) is 0 Å². The summed E-state index contributed by atoms with van der Waals surface area (Å²) in [5.74, 6) is 0. The lowest BCUT2D eigenvalue weighted by molar-refractivity contribution is 0.401. The van der Waals surface area contributed by atoms with E-state index in [9.17, 15) is 9.59 Å². The highest BCUT2D eigenvalue weighted by atomic mass is 16.2. The van der Waals surface area contributed by atoms with Crippen LogP contribution in [-0.2, 0) is 6.54 Å². The van der Waals surface area contributed by atoms with Gasteiger partial charge >= 0.3 is 0 Å². The van der Waals surface area contributed by atoms with E-state index in [2.05, 4.69) is 31.2 Å². The van der Waals surface area contributed by atoms with Crippen LogP contribution in [0, 0.1) is 0 Å². The second-order valence-corrected chi connectivity index (χ2v) is 5.62. The molecule has 0 saturated carbocycles. The molecular formula is C14H19N3O2. The summed E-state index contributed by atoms with van der Waals surface area (Å²) in [6.07, 6.45) is 0. The topological polar surface area (TPSA) is 66.9 Å². The van der Waals surface area contributed by atoms with E-state index in [1.54, 1.807) is 24.3 Å². The van der Waals surface area contributed by atoms with Gasteiger partial charge in [-0.1, -0.05) is 12.1 Å². The highest BCUT2D eigenvalue weighted by Crippen LogP contribution is 2.02. The number of hydrogen-bond acceptors (Lipinski definition) is 3. The lowest BCUT2D eigenvalue weighted by atomic mass is 10.1. The van der Waals surface area contributed by atoms with Crippen LogP contribution in [0.4, 0.5) is 0 Å². The SMILES string of the molecule is CC(C)(C)NCCn1[nH]c(=O)c2ccccc2c1=O. The predicted octanol–water partition coefficient (Wildman–Crippen LogP) is 1.08. The fraction of sp³-hybridized carbons (Fsp3) is 0.429. The zero-order valence-corrected chi connectivity index (χ0v) is 11.5. The lowest BCUT2D eigenvalue weighted by Crippen LogP contribution is -2.40. The van der Waals surface area contributed by atoms with Gasteiger partial charge < -0.3 is 5.32 Å². The summed E-state index contributed by atoms with van der Waals surface area (Å²) in [6, 6.07) is 6.86. The van der Waals surface area contributed by atoms with Crippen LogP contribution >= 0.6 is 0 Å². The van der Waals surface area contributed by atoms with Gasteiger partial charge in [-0.25, -0.2) is 4.68 Å². The fourth-order valence-electron chi connectivity index (χ4n) is 1.95. The van der Waals surface area contributed by atoms with Crippen LogP contribution in [0.25, 0.3) is 10.8 Å². The molecule has 19 heavy (non-hydrogen) atoms. The molecule has 2 N–H and O–H groups in total. The molecule has 0 amide bonds. The van der Waals surface area contributed by atoms with Gasteiger partial charge in [0, 0.05) is 12.1 Å². The van der Waals surface area contributed by atoms with Gasteiger partial charge in [0.25, 0.3) is 11.1 Å². The van der Waals surface area contributed by atoms with E-state index in [0.717, 1.165) is 0 Å². The zero-order valence-electron chi connectivity index (χ0n) is 11.5. The summed E-state index contributed by atoms with van der Waals surface area (Å²) in [4.78, 5) is 24.1. The Labute approximate surface area is 111 Å². The second-order valence-electron chi connectivity index (χ2n) is 5.62. The largest absolute Gasteiger partial charge is 0.310 e. The van der Waals surface area contributed by atoms with Crippen LogP contribution in [0.2, 0.25) is 0 Å². The maximum absolute atomic E-state index is 12.2. The minimum Gasteiger partial charge on any atom is -0.310 e. The quantitative estimate of drug-likeness (QED) is 0.868. The Morgan fingerprint density at radius 3 is 2.42 bits per heavy atom. The van der Waals surface area contributed by atoms with Crippen molar-refractivity contribution >= 4 is 10.8 Å². The Kier molecular flexibility index (Phi) is 3.57. The third-order valence-corrected chi connectivity index (χ3v) is 2.87. The Morgan fingerprint density at radius 1 is 1.16 bits per heavy atom. The van der Waals surface area contributed by atoms with E-state index in [1.807, 2.05) is 0 Å². The van der Waals surface area contributed by atoms with E-state index in [4.69, 9.17) is 0 Å². The minimum absolute atomic E-state index is 0.0131. The van der Waals surface area contributed by atoms with Gasteiger partial charge in [-0.15, -0.1) is 0 Å². The number of hydrogen-bond donors (Lipinski definition) is 2. The van der Waals surface area contributed by atoms with Crippen molar-refractivity contribution in [1.82, 2.24) is 15.1 Å². The lowest BCUT2D eigenvalue weighted by Gasteiger charge is -2.20. The summed E-state index contributed by atoms with van der Waals surface area (Å²) in [7, 11) is 0. The van der Waals surface area contributed by atoms with Gasteiger partial charge in [0.1, 0.15) is 0 Å². The Balaban J connectivity index is 2.33. The van der Waals surface area contributed by atoms with Crippen molar-refractivity contribution in [2.75, 3.05) is 6.54 Å². The first-order valence-electron chi connectivity index (χ1n) is 6.35. The minimum atomic E-state index is -0.231. The van der Waals surface area contributed by atoms with E-state index in [0.29, 0.717) is 23.9 Å². The molecule has 0 radical (unpaired) electrons. The molecule has 1 aromatic heterocycles. The first kappa shape index (κ1) is 13.5. The van der Waals surface area contributed by atoms with Crippen molar-refractivity contribution in [1.29, 1.82) is 0 Å². The Bertz CT molecular complexity index is 692. The predicted molar refractivity (Wildman–Crippen MR) is 76.6 cm³/mol. The molecule has 0 fully saturated rings. The third kappa shape index (κ3) is 3.12. The maximum Gasteiger partial charge on any atom is 0.273 e. The van der Waals surface area contributed by atoms with Crippen molar-refractivity contribution in [2.24, 2.45) is 0 Å². The first-order valence-corrected chi connectivity index (χ1v) is 6.35. The van der Waals surface area contributed by atoms with E-state index in [1.165, 1.54) is 4.68 Å². The summed E-state index contributed by atoms with van der Waals surface area (Å²) in [5, 5.41) is 6.79. The zero-order chi connectivity index (χ0) is 14.0. The molecule has 1 heterocycles. The highest BCUT2D eigenvalue weighted by molar-refractivity contribution is 5.80. The van der Waals surface area contributed by atoms with Gasteiger partial charge in [-0.05, 0) is 32.9 Å². The molecule has 0 bridgehead atoms. The molecule has 0 aliphatic heterocycles. The molecule has 0 saturated heterocycles. The van der Waals surface area contributed by atoms with E-state index < -0.39 is 0 Å². The van der Waals surface area contributed by atoms with E-state index >= 15 is 0 Å². The molecule has 0 aliphatic carbocycles. The molecule has 2 aromatic rings. The summed E-state index contributed by atoms with van der Waals surface area (Å²) in [6.45, 7) is 7.23. The second kappa shape index (κ2) is 5.01. The fourth-order valence-corrected chi connectivity index (χ4v) is 1.95. The molecule has 5 nitrogen and oxygen atoms in total.